The number of carbonyl (C=O) groups excluding carboxylic acids is 1. The first-order chi connectivity index (χ1) is 9.27. The van der Waals surface area contributed by atoms with E-state index in [1.165, 1.54) is 0 Å². The molecule has 108 valence electrons. The summed E-state index contributed by atoms with van der Waals surface area (Å²) in [6.45, 7) is 1.97. The Hall–Kier alpha value is -2.32. The van der Waals surface area contributed by atoms with E-state index in [1.54, 1.807) is 22.9 Å². The van der Waals surface area contributed by atoms with E-state index in [0.29, 0.717) is 11.8 Å². The summed E-state index contributed by atoms with van der Waals surface area (Å²) >= 11 is 0. The number of hydrogen-bond donors (Lipinski definition) is 2. The molecule has 0 unspecified atom stereocenters. The number of rotatable bonds is 3. The van der Waals surface area contributed by atoms with E-state index in [1.807, 2.05) is 6.92 Å². The molecule has 0 bridgehead atoms. The second kappa shape index (κ2) is 4.99. The summed E-state index contributed by atoms with van der Waals surface area (Å²) < 4.78 is 38.7. The van der Waals surface area contributed by atoms with E-state index < -0.39 is 17.8 Å². The molecule has 0 saturated heterocycles. The van der Waals surface area contributed by atoms with Crippen LogP contribution in [0.3, 0.4) is 0 Å². The molecule has 1 amide bonds. The van der Waals surface area contributed by atoms with Gasteiger partial charge in [-0.3, -0.25) is 14.6 Å². The van der Waals surface area contributed by atoms with E-state index >= 15 is 0 Å². The Morgan fingerprint density at radius 2 is 2.15 bits per heavy atom. The van der Waals surface area contributed by atoms with Crippen molar-refractivity contribution in [3.63, 3.8) is 0 Å². The predicted octanol–water partition coefficient (Wildman–Crippen LogP) is 1.40. The summed E-state index contributed by atoms with van der Waals surface area (Å²) in [6.07, 6.45) is -4.55. The SMILES string of the molecule is Cc1cc(CNC(=O)c2cc(C(F)(F)F)[nH]n2)nn1C. The standard InChI is InChI=1S/C11H12F3N5O/c1-6-3-7(18-19(6)2)5-15-10(20)8-4-9(17-16-8)11(12,13)14/h3-4H,5H2,1-2H3,(H,15,20)(H,16,17). The molecule has 6 nitrogen and oxygen atoms in total. The summed E-state index contributed by atoms with van der Waals surface area (Å²) in [4.78, 5) is 11.7. The molecule has 2 aromatic rings. The predicted molar refractivity (Wildman–Crippen MR) is 62.7 cm³/mol. The van der Waals surface area contributed by atoms with Crippen LogP contribution in [0.25, 0.3) is 0 Å². The van der Waals surface area contributed by atoms with Crippen LogP contribution in [0.1, 0.15) is 27.6 Å². The lowest BCUT2D eigenvalue weighted by molar-refractivity contribution is -0.141. The number of alkyl halides is 3. The fraction of sp³-hybridized carbons (Fsp3) is 0.364. The zero-order valence-electron chi connectivity index (χ0n) is 10.7. The third kappa shape index (κ3) is 2.98. The van der Waals surface area contributed by atoms with Gasteiger partial charge in [-0.05, 0) is 13.0 Å². The quantitative estimate of drug-likeness (QED) is 0.896. The summed E-state index contributed by atoms with van der Waals surface area (Å²) in [5, 5.41) is 11.7. The molecule has 0 radical (unpaired) electrons. The number of hydrogen-bond acceptors (Lipinski definition) is 3. The lowest BCUT2D eigenvalue weighted by Gasteiger charge is -2.00. The van der Waals surface area contributed by atoms with Crippen LogP contribution in [-0.2, 0) is 19.8 Å². The number of nitrogens with zero attached hydrogens (tertiary/aromatic N) is 3. The molecule has 2 N–H and O–H groups in total. The van der Waals surface area contributed by atoms with Crippen molar-refractivity contribution in [3.8, 4) is 0 Å². The van der Waals surface area contributed by atoms with Crippen molar-refractivity contribution in [2.24, 2.45) is 7.05 Å². The zero-order chi connectivity index (χ0) is 14.9. The molecule has 20 heavy (non-hydrogen) atoms. The van der Waals surface area contributed by atoms with Gasteiger partial charge in [0.1, 0.15) is 5.69 Å². The Morgan fingerprint density at radius 1 is 1.45 bits per heavy atom. The molecular weight excluding hydrogens is 275 g/mol. The molecule has 0 fully saturated rings. The van der Waals surface area contributed by atoms with Gasteiger partial charge in [0.15, 0.2) is 5.69 Å². The molecule has 0 aliphatic carbocycles. The van der Waals surface area contributed by atoms with Crippen molar-refractivity contribution < 1.29 is 18.0 Å². The van der Waals surface area contributed by atoms with Gasteiger partial charge in [-0.2, -0.15) is 23.4 Å². The Kier molecular flexibility index (Phi) is 3.51. The first-order valence-corrected chi connectivity index (χ1v) is 5.67. The molecule has 2 rings (SSSR count). The maximum atomic E-state index is 12.3. The summed E-state index contributed by atoms with van der Waals surface area (Å²) in [6, 6.07) is 2.44. The average Bonchev–Trinajstić information content (AvgIpc) is 2.94. The maximum absolute atomic E-state index is 12.3. The van der Waals surface area contributed by atoms with Gasteiger partial charge < -0.3 is 5.32 Å². The van der Waals surface area contributed by atoms with Crippen LogP contribution >= 0.6 is 0 Å². The number of carbonyl (C=O) groups is 1. The number of aromatic amines is 1. The van der Waals surface area contributed by atoms with Crippen molar-refractivity contribution in [1.82, 2.24) is 25.3 Å². The van der Waals surface area contributed by atoms with Crippen LogP contribution in [-0.4, -0.2) is 25.9 Å². The largest absolute Gasteiger partial charge is 0.432 e. The third-order valence-corrected chi connectivity index (χ3v) is 2.71. The lowest BCUT2D eigenvalue weighted by atomic mass is 10.3. The van der Waals surface area contributed by atoms with Crippen molar-refractivity contribution in [1.29, 1.82) is 0 Å². The Balaban J connectivity index is 2.00. The number of H-pyrrole nitrogens is 1. The van der Waals surface area contributed by atoms with E-state index in [2.05, 4.69) is 15.5 Å². The molecule has 9 heteroatoms. The van der Waals surface area contributed by atoms with Crippen molar-refractivity contribution in [2.75, 3.05) is 0 Å². The number of halogens is 3. The van der Waals surface area contributed by atoms with Crippen LogP contribution < -0.4 is 5.32 Å². The van der Waals surface area contributed by atoms with Gasteiger partial charge in [0.25, 0.3) is 5.91 Å². The second-order valence-electron chi connectivity index (χ2n) is 4.25. The fourth-order valence-corrected chi connectivity index (χ4v) is 1.57. The maximum Gasteiger partial charge on any atom is 0.432 e. The molecule has 2 heterocycles. The smallest absolute Gasteiger partial charge is 0.345 e. The highest BCUT2D eigenvalue weighted by molar-refractivity contribution is 5.92. The number of aromatic nitrogens is 4. The van der Waals surface area contributed by atoms with Gasteiger partial charge in [-0.15, -0.1) is 0 Å². The van der Waals surface area contributed by atoms with E-state index in [4.69, 9.17) is 0 Å². The van der Waals surface area contributed by atoms with Crippen molar-refractivity contribution >= 4 is 5.91 Å². The zero-order valence-corrected chi connectivity index (χ0v) is 10.7. The monoisotopic (exact) mass is 287 g/mol. The van der Waals surface area contributed by atoms with Crippen LogP contribution in [0.5, 0.6) is 0 Å². The highest BCUT2D eigenvalue weighted by Crippen LogP contribution is 2.27. The Morgan fingerprint density at radius 3 is 2.65 bits per heavy atom. The normalized spacial score (nSPS) is 11.7. The fourth-order valence-electron chi connectivity index (χ4n) is 1.57. The highest BCUT2D eigenvalue weighted by atomic mass is 19.4. The van der Waals surface area contributed by atoms with E-state index in [0.717, 1.165) is 5.69 Å². The van der Waals surface area contributed by atoms with Gasteiger partial charge in [0.05, 0.1) is 12.2 Å². The summed E-state index contributed by atoms with van der Waals surface area (Å²) in [5.41, 5.74) is 0.152. The van der Waals surface area contributed by atoms with Crippen molar-refractivity contribution in [3.05, 3.63) is 34.9 Å². The van der Waals surface area contributed by atoms with Crippen LogP contribution in [0.15, 0.2) is 12.1 Å². The Labute approximate surface area is 112 Å². The topological polar surface area (TPSA) is 75.6 Å². The highest BCUT2D eigenvalue weighted by Gasteiger charge is 2.33. The minimum Gasteiger partial charge on any atom is -0.345 e. The first kappa shape index (κ1) is 14.1. The number of aryl methyl sites for hydroxylation is 2. The average molecular weight is 287 g/mol. The summed E-state index contributed by atoms with van der Waals surface area (Å²) in [7, 11) is 1.75. The first-order valence-electron chi connectivity index (χ1n) is 5.67. The van der Waals surface area contributed by atoms with Gasteiger partial charge >= 0.3 is 6.18 Å². The van der Waals surface area contributed by atoms with Crippen LogP contribution in [0.4, 0.5) is 13.2 Å². The van der Waals surface area contributed by atoms with E-state index in [-0.39, 0.29) is 12.2 Å². The molecule has 0 saturated carbocycles. The van der Waals surface area contributed by atoms with Gasteiger partial charge in [0.2, 0.25) is 0 Å². The molecular formula is C11H12F3N5O. The molecule has 0 atom stereocenters. The summed E-state index contributed by atoms with van der Waals surface area (Å²) in [5.74, 6) is -0.694. The van der Waals surface area contributed by atoms with E-state index in [9.17, 15) is 18.0 Å². The second-order valence-corrected chi connectivity index (χ2v) is 4.25. The molecule has 0 aromatic carbocycles. The van der Waals surface area contributed by atoms with Gasteiger partial charge in [-0.1, -0.05) is 0 Å². The number of nitrogens with one attached hydrogen (secondary N) is 2. The minimum absolute atomic E-state index is 0.120. The molecule has 0 aliphatic heterocycles. The Bertz CT molecular complexity index is 609. The van der Waals surface area contributed by atoms with Crippen LogP contribution in [0, 0.1) is 6.92 Å². The third-order valence-electron chi connectivity index (χ3n) is 2.71. The van der Waals surface area contributed by atoms with Crippen molar-refractivity contribution in [2.45, 2.75) is 19.6 Å². The molecule has 0 aliphatic rings. The number of amides is 1. The van der Waals surface area contributed by atoms with Gasteiger partial charge in [-0.25, -0.2) is 0 Å². The molecule has 0 spiro atoms. The molecule has 2 aromatic heterocycles. The van der Waals surface area contributed by atoms with Crippen LogP contribution in [0.2, 0.25) is 0 Å². The lowest BCUT2D eigenvalue weighted by Crippen LogP contribution is -2.23. The van der Waals surface area contributed by atoms with Gasteiger partial charge in [0, 0.05) is 18.8 Å². The minimum atomic E-state index is -4.55.